The summed E-state index contributed by atoms with van der Waals surface area (Å²) in [6.07, 6.45) is 6.38. The number of aromatic nitrogens is 2. The Balaban J connectivity index is 2.14. The van der Waals surface area contributed by atoms with Gasteiger partial charge < -0.3 is 10.2 Å². The van der Waals surface area contributed by atoms with E-state index >= 15 is 0 Å². The first-order chi connectivity index (χ1) is 9.52. The third-order valence-electron chi connectivity index (χ3n) is 3.90. The Bertz CT molecular complexity index is 447. The van der Waals surface area contributed by atoms with Crippen LogP contribution < -0.4 is 10.2 Å². The van der Waals surface area contributed by atoms with Gasteiger partial charge in [-0.25, -0.2) is 4.98 Å². The quantitative estimate of drug-likeness (QED) is 0.913. The van der Waals surface area contributed by atoms with Gasteiger partial charge in [0.05, 0.1) is 6.20 Å². The highest BCUT2D eigenvalue weighted by Gasteiger charge is 2.24. The fraction of sp³-hybridized carbons (Fsp3) is 0.733. The van der Waals surface area contributed by atoms with Gasteiger partial charge in [0, 0.05) is 19.6 Å². The number of nitrogens with one attached hydrogen (secondary N) is 1. The SMILES string of the molecule is CCCNc1ncc(Cl)c(N2CCCC(C)(C)CC2)n1. The summed E-state index contributed by atoms with van der Waals surface area (Å²) < 4.78 is 0. The molecule has 4 nitrogen and oxygen atoms in total. The van der Waals surface area contributed by atoms with Crippen molar-refractivity contribution in [2.24, 2.45) is 5.41 Å². The van der Waals surface area contributed by atoms with Crippen LogP contribution in [0.3, 0.4) is 0 Å². The van der Waals surface area contributed by atoms with E-state index < -0.39 is 0 Å². The normalized spacial score (nSPS) is 18.7. The van der Waals surface area contributed by atoms with Crippen molar-refractivity contribution in [3.63, 3.8) is 0 Å². The van der Waals surface area contributed by atoms with Gasteiger partial charge in [-0.3, -0.25) is 0 Å². The van der Waals surface area contributed by atoms with Gasteiger partial charge in [-0.15, -0.1) is 0 Å². The van der Waals surface area contributed by atoms with E-state index in [9.17, 15) is 0 Å². The van der Waals surface area contributed by atoms with E-state index in [1.165, 1.54) is 19.3 Å². The van der Waals surface area contributed by atoms with E-state index in [1.807, 2.05) is 0 Å². The fourth-order valence-electron chi connectivity index (χ4n) is 2.54. The average molecular weight is 297 g/mol. The number of hydrogen-bond acceptors (Lipinski definition) is 4. The summed E-state index contributed by atoms with van der Waals surface area (Å²) in [5.74, 6) is 1.55. The van der Waals surface area contributed by atoms with Gasteiger partial charge in [-0.2, -0.15) is 4.98 Å². The maximum atomic E-state index is 6.29. The zero-order chi connectivity index (χ0) is 14.6. The minimum atomic E-state index is 0.414. The minimum absolute atomic E-state index is 0.414. The maximum Gasteiger partial charge on any atom is 0.224 e. The Labute approximate surface area is 126 Å². The Morgan fingerprint density at radius 2 is 2.15 bits per heavy atom. The molecule has 5 heteroatoms. The summed E-state index contributed by atoms with van der Waals surface area (Å²) in [6.45, 7) is 9.72. The summed E-state index contributed by atoms with van der Waals surface area (Å²) in [5, 5.41) is 3.87. The highest BCUT2D eigenvalue weighted by atomic mass is 35.5. The van der Waals surface area contributed by atoms with Crippen LogP contribution in [0.5, 0.6) is 0 Å². The molecule has 2 heterocycles. The topological polar surface area (TPSA) is 41.1 Å². The third kappa shape index (κ3) is 3.98. The lowest BCUT2D eigenvalue weighted by Gasteiger charge is -2.24. The molecule has 1 aliphatic heterocycles. The predicted octanol–water partition coefficient (Wildman–Crippen LogP) is 3.97. The predicted molar refractivity (Wildman–Crippen MR) is 85.7 cm³/mol. The number of nitrogens with zero attached hydrogens (tertiary/aromatic N) is 3. The van der Waals surface area contributed by atoms with E-state index in [0.29, 0.717) is 16.4 Å². The Morgan fingerprint density at radius 1 is 1.35 bits per heavy atom. The van der Waals surface area contributed by atoms with Crippen molar-refractivity contribution in [2.45, 2.75) is 46.5 Å². The molecule has 1 saturated heterocycles. The summed E-state index contributed by atoms with van der Waals surface area (Å²) in [5.41, 5.74) is 0.414. The molecule has 2 rings (SSSR count). The van der Waals surface area contributed by atoms with Crippen molar-refractivity contribution < 1.29 is 0 Å². The van der Waals surface area contributed by atoms with Crippen LogP contribution in [0.1, 0.15) is 46.5 Å². The molecule has 0 spiro atoms. The summed E-state index contributed by atoms with van der Waals surface area (Å²) in [4.78, 5) is 11.1. The van der Waals surface area contributed by atoms with Gasteiger partial charge in [0.25, 0.3) is 0 Å². The van der Waals surface area contributed by atoms with E-state index in [-0.39, 0.29) is 0 Å². The van der Waals surface area contributed by atoms with Crippen molar-refractivity contribution in [3.8, 4) is 0 Å². The van der Waals surface area contributed by atoms with E-state index in [2.05, 4.69) is 41.0 Å². The second kappa shape index (κ2) is 6.61. The van der Waals surface area contributed by atoms with Crippen LogP contribution in [-0.2, 0) is 0 Å². The zero-order valence-electron chi connectivity index (χ0n) is 12.7. The van der Waals surface area contributed by atoms with Crippen molar-refractivity contribution in [3.05, 3.63) is 11.2 Å². The highest BCUT2D eigenvalue weighted by Crippen LogP contribution is 2.33. The van der Waals surface area contributed by atoms with Gasteiger partial charge in [0.15, 0.2) is 5.82 Å². The van der Waals surface area contributed by atoms with Crippen molar-refractivity contribution in [2.75, 3.05) is 29.9 Å². The number of anilines is 2. The molecule has 1 fully saturated rings. The van der Waals surface area contributed by atoms with E-state index in [1.54, 1.807) is 6.20 Å². The first-order valence-corrected chi connectivity index (χ1v) is 7.91. The van der Waals surface area contributed by atoms with Crippen LogP contribution in [0.2, 0.25) is 5.02 Å². The molecule has 0 aliphatic carbocycles. The molecule has 0 saturated carbocycles. The Morgan fingerprint density at radius 3 is 2.90 bits per heavy atom. The smallest absolute Gasteiger partial charge is 0.224 e. The van der Waals surface area contributed by atoms with E-state index in [4.69, 9.17) is 11.6 Å². The molecule has 1 N–H and O–H groups in total. The third-order valence-corrected chi connectivity index (χ3v) is 4.16. The van der Waals surface area contributed by atoms with Crippen molar-refractivity contribution in [1.29, 1.82) is 0 Å². The van der Waals surface area contributed by atoms with Gasteiger partial charge in [-0.05, 0) is 31.1 Å². The summed E-state index contributed by atoms with van der Waals surface area (Å²) >= 11 is 6.29. The van der Waals surface area contributed by atoms with Gasteiger partial charge in [0.1, 0.15) is 5.02 Å². The van der Waals surface area contributed by atoms with Crippen LogP contribution in [0.15, 0.2) is 6.20 Å². The van der Waals surface area contributed by atoms with Crippen LogP contribution in [0, 0.1) is 5.41 Å². The molecule has 0 atom stereocenters. The Hall–Kier alpha value is -1.03. The van der Waals surface area contributed by atoms with Crippen molar-refractivity contribution in [1.82, 2.24) is 9.97 Å². The van der Waals surface area contributed by atoms with Crippen molar-refractivity contribution >= 4 is 23.4 Å². The molecule has 1 aromatic rings. The summed E-state index contributed by atoms with van der Waals surface area (Å²) in [7, 11) is 0. The fourth-order valence-corrected chi connectivity index (χ4v) is 2.75. The second-order valence-electron chi connectivity index (χ2n) is 6.30. The van der Waals surface area contributed by atoms with E-state index in [0.717, 1.165) is 31.9 Å². The van der Waals surface area contributed by atoms with Crippen LogP contribution >= 0.6 is 11.6 Å². The van der Waals surface area contributed by atoms with Crippen LogP contribution in [0.4, 0.5) is 11.8 Å². The molecule has 0 aromatic carbocycles. The largest absolute Gasteiger partial charge is 0.355 e. The highest BCUT2D eigenvalue weighted by molar-refractivity contribution is 6.32. The lowest BCUT2D eigenvalue weighted by Crippen LogP contribution is -2.26. The molecule has 1 aromatic heterocycles. The molecular weight excluding hydrogens is 272 g/mol. The van der Waals surface area contributed by atoms with Gasteiger partial charge in [-0.1, -0.05) is 32.4 Å². The molecule has 0 radical (unpaired) electrons. The number of hydrogen-bond donors (Lipinski definition) is 1. The molecule has 0 amide bonds. The number of rotatable bonds is 4. The molecule has 1 aliphatic rings. The molecule has 112 valence electrons. The molecule has 0 unspecified atom stereocenters. The zero-order valence-corrected chi connectivity index (χ0v) is 13.5. The first kappa shape index (κ1) is 15.4. The summed E-state index contributed by atoms with van der Waals surface area (Å²) in [6, 6.07) is 0. The molecule has 0 bridgehead atoms. The van der Waals surface area contributed by atoms with Crippen LogP contribution in [0.25, 0.3) is 0 Å². The van der Waals surface area contributed by atoms with Gasteiger partial charge >= 0.3 is 0 Å². The lowest BCUT2D eigenvalue weighted by molar-refractivity contribution is 0.325. The van der Waals surface area contributed by atoms with Crippen LogP contribution in [-0.4, -0.2) is 29.6 Å². The maximum absolute atomic E-state index is 6.29. The number of halogens is 1. The van der Waals surface area contributed by atoms with Gasteiger partial charge in [0.2, 0.25) is 5.95 Å². The monoisotopic (exact) mass is 296 g/mol. The average Bonchev–Trinajstić information content (AvgIpc) is 2.59. The standard InChI is InChI=1S/C15H25ClN4/c1-4-8-17-14-18-11-12(16)13(19-14)20-9-5-6-15(2,3)7-10-20/h11H,4-10H2,1-3H3,(H,17,18,19). The molecule has 20 heavy (non-hydrogen) atoms. The Kier molecular flexibility index (Phi) is 5.08. The molecular formula is C15H25ClN4. The lowest BCUT2D eigenvalue weighted by atomic mass is 9.85. The first-order valence-electron chi connectivity index (χ1n) is 7.53. The minimum Gasteiger partial charge on any atom is -0.355 e. The second-order valence-corrected chi connectivity index (χ2v) is 6.70.